The Balaban J connectivity index is 1.75. The summed E-state index contributed by atoms with van der Waals surface area (Å²) in [4.78, 5) is 0. The predicted octanol–water partition coefficient (Wildman–Crippen LogP) is 0.879. The van der Waals surface area contributed by atoms with Crippen LogP contribution < -0.4 is 10.6 Å². The zero-order valence-electron chi connectivity index (χ0n) is 9.97. The molecule has 0 aromatic heterocycles. The van der Waals surface area contributed by atoms with Crippen LogP contribution in [-0.2, 0) is 0 Å². The van der Waals surface area contributed by atoms with E-state index in [-0.39, 0.29) is 0 Å². The fourth-order valence-electron chi connectivity index (χ4n) is 2.34. The second-order valence-electron chi connectivity index (χ2n) is 6.12. The van der Waals surface area contributed by atoms with Crippen LogP contribution in [0, 0.1) is 5.41 Å². The lowest BCUT2D eigenvalue weighted by Gasteiger charge is -2.41. The van der Waals surface area contributed by atoms with Gasteiger partial charge in [0.05, 0.1) is 5.60 Å². The normalized spacial score (nSPS) is 29.8. The number of hydrogen-bond donors (Lipinski definition) is 3. The largest absolute Gasteiger partial charge is 0.389 e. The van der Waals surface area contributed by atoms with Crippen molar-refractivity contribution >= 4 is 0 Å². The van der Waals surface area contributed by atoms with Gasteiger partial charge >= 0.3 is 0 Å². The first-order valence-electron chi connectivity index (χ1n) is 6.16. The van der Waals surface area contributed by atoms with Gasteiger partial charge in [-0.05, 0) is 31.1 Å². The van der Waals surface area contributed by atoms with Gasteiger partial charge in [-0.3, -0.25) is 0 Å². The van der Waals surface area contributed by atoms with Gasteiger partial charge in [0, 0.05) is 25.7 Å². The molecular weight excluding hydrogens is 188 g/mol. The molecule has 1 saturated carbocycles. The van der Waals surface area contributed by atoms with Crippen molar-refractivity contribution in [1.82, 2.24) is 10.6 Å². The first kappa shape index (κ1) is 11.4. The van der Waals surface area contributed by atoms with Gasteiger partial charge in [-0.25, -0.2) is 0 Å². The average Bonchev–Trinajstić information content (AvgIpc) is 2.09. The standard InChI is InChI=1S/C12H24N2O/c1-11(2)3-5-12(15,6-4-11)9-14-10-7-13-8-10/h10,13-15H,3-9H2,1-2H3. The Morgan fingerprint density at radius 3 is 2.27 bits per heavy atom. The van der Waals surface area contributed by atoms with Crippen molar-refractivity contribution in [1.29, 1.82) is 0 Å². The van der Waals surface area contributed by atoms with Gasteiger partial charge in [-0.15, -0.1) is 0 Å². The maximum absolute atomic E-state index is 10.4. The lowest BCUT2D eigenvalue weighted by atomic mass is 9.71. The molecule has 2 aliphatic rings. The Morgan fingerprint density at radius 2 is 1.80 bits per heavy atom. The molecule has 3 heteroatoms. The molecule has 0 bridgehead atoms. The van der Waals surface area contributed by atoms with E-state index < -0.39 is 5.60 Å². The second kappa shape index (κ2) is 4.04. The maximum atomic E-state index is 10.4. The Morgan fingerprint density at radius 1 is 1.20 bits per heavy atom. The van der Waals surface area contributed by atoms with Gasteiger partial charge in [0.15, 0.2) is 0 Å². The predicted molar refractivity (Wildman–Crippen MR) is 61.9 cm³/mol. The van der Waals surface area contributed by atoms with E-state index in [9.17, 15) is 5.11 Å². The zero-order valence-corrected chi connectivity index (χ0v) is 9.97. The highest BCUT2D eigenvalue weighted by molar-refractivity contribution is 4.92. The fourth-order valence-corrected chi connectivity index (χ4v) is 2.34. The van der Waals surface area contributed by atoms with Crippen molar-refractivity contribution in [2.75, 3.05) is 19.6 Å². The van der Waals surface area contributed by atoms with Gasteiger partial charge in [0.2, 0.25) is 0 Å². The first-order chi connectivity index (χ1) is 6.99. The molecule has 2 rings (SSSR count). The lowest BCUT2D eigenvalue weighted by molar-refractivity contribution is -0.0270. The zero-order chi connectivity index (χ0) is 10.9. The number of hydrogen-bond acceptors (Lipinski definition) is 3. The summed E-state index contributed by atoms with van der Waals surface area (Å²) in [6.07, 6.45) is 4.20. The molecule has 0 radical (unpaired) electrons. The minimum atomic E-state index is -0.439. The Labute approximate surface area is 92.6 Å². The third kappa shape index (κ3) is 2.92. The molecular formula is C12H24N2O. The number of rotatable bonds is 3. The third-order valence-corrected chi connectivity index (χ3v) is 4.04. The van der Waals surface area contributed by atoms with E-state index in [4.69, 9.17) is 0 Å². The monoisotopic (exact) mass is 212 g/mol. The van der Waals surface area contributed by atoms with E-state index in [1.807, 2.05) is 0 Å². The van der Waals surface area contributed by atoms with Crippen LogP contribution in [0.3, 0.4) is 0 Å². The molecule has 1 aliphatic heterocycles. The summed E-state index contributed by atoms with van der Waals surface area (Å²) in [5.74, 6) is 0. The summed E-state index contributed by atoms with van der Waals surface area (Å²) in [5, 5.41) is 17.1. The molecule has 1 aliphatic carbocycles. The van der Waals surface area contributed by atoms with Crippen molar-refractivity contribution < 1.29 is 5.11 Å². The molecule has 88 valence electrons. The molecule has 0 unspecified atom stereocenters. The second-order valence-corrected chi connectivity index (χ2v) is 6.12. The Kier molecular flexibility index (Phi) is 3.06. The highest BCUT2D eigenvalue weighted by atomic mass is 16.3. The van der Waals surface area contributed by atoms with Gasteiger partial charge in [0.25, 0.3) is 0 Å². The average molecular weight is 212 g/mol. The van der Waals surface area contributed by atoms with Gasteiger partial charge in [-0.1, -0.05) is 13.8 Å². The quantitative estimate of drug-likeness (QED) is 0.651. The summed E-state index contributed by atoms with van der Waals surface area (Å²) in [6.45, 7) is 7.49. The molecule has 1 saturated heterocycles. The van der Waals surface area contributed by atoms with Gasteiger partial charge in [-0.2, -0.15) is 0 Å². The number of aliphatic hydroxyl groups is 1. The third-order valence-electron chi connectivity index (χ3n) is 4.04. The Hall–Kier alpha value is -0.120. The fraction of sp³-hybridized carbons (Fsp3) is 1.00. The van der Waals surface area contributed by atoms with Gasteiger partial charge < -0.3 is 15.7 Å². The minimum absolute atomic E-state index is 0.435. The van der Waals surface area contributed by atoms with E-state index in [2.05, 4.69) is 24.5 Å². The molecule has 0 spiro atoms. The number of nitrogens with one attached hydrogen (secondary N) is 2. The summed E-state index contributed by atoms with van der Waals surface area (Å²) in [5.41, 5.74) is -0.00460. The minimum Gasteiger partial charge on any atom is -0.389 e. The molecule has 15 heavy (non-hydrogen) atoms. The van der Waals surface area contributed by atoms with Crippen molar-refractivity contribution in [2.24, 2.45) is 5.41 Å². The van der Waals surface area contributed by atoms with E-state index in [1.54, 1.807) is 0 Å². The van der Waals surface area contributed by atoms with E-state index in [1.165, 1.54) is 0 Å². The Bertz CT molecular complexity index is 214. The molecule has 3 N–H and O–H groups in total. The smallest absolute Gasteiger partial charge is 0.0772 e. The highest BCUT2D eigenvalue weighted by Gasteiger charge is 2.36. The van der Waals surface area contributed by atoms with Crippen molar-refractivity contribution in [3.8, 4) is 0 Å². The van der Waals surface area contributed by atoms with Gasteiger partial charge in [0.1, 0.15) is 0 Å². The summed E-state index contributed by atoms with van der Waals surface area (Å²) >= 11 is 0. The summed E-state index contributed by atoms with van der Waals surface area (Å²) < 4.78 is 0. The molecule has 2 fully saturated rings. The topological polar surface area (TPSA) is 44.3 Å². The molecule has 1 heterocycles. The molecule has 0 aromatic rings. The summed E-state index contributed by atoms with van der Waals surface area (Å²) in [6, 6.07) is 0.587. The van der Waals surface area contributed by atoms with Crippen LogP contribution in [0.1, 0.15) is 39.5 Å². The van der Waals surface area contributed by atoms with Crippen LogP contribution in [0.25, 0.3) is 0 Å². The maximum Gasteiger partial charge on any atom is 0.0772 e. The SMILES string of the molecule is CC1(C)CCC(O)(CNC2CNC2)CC1. The molecule has 3 nitrogen and oxygen atoms in total. The van der Waals surface area contributed by atoms with Crippen LogP contribution in [0.15, 0.2) is 0 Å². The first-order valence-corrected chi connectivity index (χ1v) is 6.16. The van der Waals surface area contributed by atoms with E-state index in [0.29, 0.717) is 11.5 Å². The molecule has 0 aromatic carbocycles. The van der Waals surface area contributed by atoms with Crippen LogP contribution in [0.2, 0.25) is 0 Å². The van der Waals surface area contributed by atoms with Crippen LogP contribution in [-0.4, -0.2) is 36.4 Å². The highest BCUT2D eigenvalue weighted by Crippen LogP contribution is 2.39. The van der Waals surface area contributed by atoms with Crippen molar-refractivity contribution in [3.05, 3.63) is 0 Å². The summed E-state index contributed by atoms with van der Waals surface area (Å²) in [7, 11) is 0. The van der Waals surface area contributed by atoms with E-state index >= 15 is 0 Å². The lowest BCUT2D eigenvalue weighted by Crippen LogP contribution is -2.59. The van der Waals surface area contributed by atoms with Crippen molar-refractivity contribution in [2.45, 2.75) is 51.2 Å². The van der Waals surface area contributed by atoms with E-state index in [0.717, 1.165) is 45.3 Å². The van der Waals surface area contributed by atoms with Crippen LogP contribution >= 0.6 is 0 Å². The van der Waals surface area contributed by atoms with Crippen LogP contribution in [0.5, 0.6) is 0 Å². The molecule has 0 atom stereocenters. The van der Waals surface area contributed by atoms with Crippen molar-refractivity contribution in [3.63, 3.8) is 0 Å². The molecule has 0 amide bonds. The van der Waals surface area contributed by atoms with Crippen LogP contribution in [0.4, 0.5) is 0 Å².